The third kappa shape index (κ3) is 6.70. The van der Waals surface area contributed by atoms with Gasteiger partial charge in [0.25, 0.3) is 0 Å². The number of carbonyl (C=O) groups excluding carboxylic acids is 1. The second-order valence-corrected chi connectivity index (χ2v) is 11.8. The van der Waals surface area contributed by atoms with Crippen LogP contribution < -0.4 is 4.90 Å². The Morgan fingerprint density at radius 3 is 2.02 bits per heavy atom. The van der Waals surface area contributed by atoms with Crippen LogP contribution in [0.2, 0.25) is 0 Å². The van der Waals surface area contributed by atoms with E-state index in [1.165, 1.54) is 0 Å². The summed E-state index contributed by atoms with van der Waals surface area (Å²) in [4.78, 5) is 15.2. The number of anilines is 1. The Balaban J connectivity index is 1.31. The molecule has 2 aliphatic rings. The molecule has 0 spiro atoms. The molecular weight excluding hydrogens is 546 g/mol. The first-order valence-corrected chi connectivity index (χ1v) is 15.4. The minimum atomic E-state index is -1.43. The Labute approximate surface area is 253 Å². The molecule has 230 valence electrons. The molecule has 0 saturated carbocycles. The van der Waals surface area contributed by atoms with E-state index in [-0.39, 0.29) is 24.0 Å². The molecule has 0 radical (unpaired) electrons. The highest BCUT2D eigenvalue weighted by molar-refractivity contribution is 6.03. The molecular formula is C35H43NO7. The van der Waals surface area contributed by atoms with Crippen molar-refractivity contribution in [2.45, 2.75) is 88.1 Å². The van der Waals surface area contributed by atoms with Crippen LogP contribution in [0.5, 0.6) is 0 Å². The molecule has 8 heteroatoms. The molecule has 2 fully saturated rings. The van der Waals surface area contributed by atoms with Crippen molar-refractivity contribution in [2.75, 3.05) is 11.5 Å². The molecule has 0 aromatic heterocycles. The van der Waals surface area contributed by atoms with Crippen molar-refractivity contribution in [3.63, 3.8) is 0 Å². The fourth-order valence-electron chi connectivity index (χ4n) is 6.35. The molecule has 5 N–H and O–H groups in total. The predicted molar refractivity (Wildman–Crippen MR) is 164 cm³/mol. The highest BCUT2D eigenvalue weighted by Crippen LogP contribution is 2.46. The van der Waals surface area contributed by atoms with E-state index in [1.54, 1.807) is 12.1 Å². The maximum atomic E-state index is 13.3. The lowest BCUT2D eigenvalue weighted by atomic mass is 9.78. The fourth-order valence-corrected chi connectivity index (χ4v) is 6.35. The zero-order valence-corrected chi connectivity index (χ0v) is 24.6. The van der Waals surface area contributed by atoms with Gasteiger partial charge in [0.05, 0.1) is 24.7 Å². The number of benzene rings is 3. The molecule has 8 nitrogen and oxygen atoms in total. The summed E-state index contributed by atoms with van der Waals surface area (Å²) in [5, 5.41) is 50.7. The number of aliphatic hydroxyl groups excluding tert-OH is 5. The van der Waals surface area contributed by atoms with Crippen molar-refractivity contribution in [1.82, 2.24) is 0 Å². The zero-order valence-electron chi connectivity index (χ0n) is 24.6. The van der Waals surface area contributed by atoms with Crippen LogP contribution in [0.25, 0.3) is 11.1 Å². The number of para-hydroxylation sites is 1. The van der Waals surface area contributed by atoms with Crippen LogP contribution in [0.1, 0.15) is 68.7 Å². The molecule has 1 amide bonds. The summed E-state index contributed by atoms with van der Waals surface area (Å²) >= 11 is 0. The maximum Gasteiger partial charge on any atom is 0.233 e. The summed E-state index contributed by atoms with van der Waals surface area (Å²) < 4.78 is 5.69. The normalized spacial score (nSPS) is 28.0. The van der Waals surface area contributed by atoms with Crippen molar-refractivity contribution in [2.24, 2.45) is 5.92 Å². The quantitative estimate of drug-likeness (QED) is 0.157. The molecule has 3 aromatic carbocycles. The Kier molecular flexibility index (Phi) is 10.3. The number of unbranched alkanes of at least 4 members (excludes halogenated alkanes) is 2. The minimum absolute atomic E-state index is 0.0878. The standard InChI is InChI=1S/C35H43NO7/c1-2-3-5-10-27(38)19-20-28-30(36(35(28)42)26-8-6-4-7-9-26)24-15-11-22(12-16-24)23-13-17-25(18-14-23)34-33(41)32(40)31(39)29(21-37)43-34/h4,6-9,11-18,27-34,37-41H,2-3,5,10,19-21H2,1H3/t27-,28-,29-,30-,31-,32+,33-,34+/m1/s1. The number of carbonyl (C=O) groups is 1. The van der Waals surface area contributed by atoms with Crippen molar-refractivity contribution in [3.8, 4) is 11.1 Å². The average molecular weight is 590 g/mol. The highest BCUT2D eigenvalue weighted by Gasteiger charge is 2.48. The molecule has 8 atom stereocenters. The SMILES string of the molecule is CCCCC[C@@H](O)CC[C@H]1C(=O)N(c2ccccc2)[C@@H]1c1ccc(-c2ccc([C@@H]3O[C@H](CO)[C@@H](O)[C@H](O)[C@H]3O)cc2)cc1. The molecule has 2 aliphatic heterocycles. The Hall–Kier alpha value is -3.11. The number of β-lactam (4-membered cyclic amide) rings is 1. The lowest BCUT2D eigenvalue weighted by Crippen LogP contribution is -2.55. The van der Waals surface area contributed by atoms with Crippen LogP contribution >= 0.6 is 0 Å². The largest absolute Gasteiger partial charge is 0.394 e. The summed E-state index contributed by atoms with van der Waals surface area (Å²) in [7, 11) is 0. The highest BCUT2D eigenvalue weighted by atomic mass is 16.5. The van der Waals surface area contributed by atoms with E-state index in [4.69, 9.17) is 4.74 Å². The molecule has 2 saturated heterocycles. The lowest BCUT2D eigenvalue weighted by molar-refractivity contribution is -0.231. The number of rotatable bonds is 12. The first-order chi connectivity index (χ1) is 20.8. The van der Waals surface area contributed by atoms with Gasteiger partial charge in [-0.1, -0.05) is 92.9 Å². The van der Waals surface area contributed by atoms with E-state index in [1.807, 2.05) is 59.5 Å². The number of hydrogen-bond acceptors (Lipinski definition) is 7. The van der Waals surface area contributed by atoms with Crippen LogP contribution in [-0.4, -0.2) is 68.6 Å². The Morgan fingerprint density at radius 1 is 0.791 bits per heavy atom. The monoisotopic (exact) mass is 589 g/mol. The third-order valence-electron chi connectivity index (χ3n) is 8.92. The van der Waals surface area contributed by atoms with Gasteiger partial charge in [-0.05, 0) is 53.6 Å². The number of hydrogen-bond donors (Lipinski definition) is 5. The van der Waals surface area contributed by atoms with Gasteiger partial charge in [0.1, 0.15) is 30.5 Å². The van der Waals surface area contributed by atoms with Crippen LogP contribution in [0, 0.1) is 5.92 Å². The minimum Gasteiger partial charge on any atom is -0.394 e. The van der Waals surface area contributed by atoms with Crippen LogP contribution in [-0.2, 0) is 9.53 Å². The van der Waals surface area contributed by atoms with Crippen LogP contribution in [0.4, 0.5) is 5.69 Å². The van der Waals surface area contributed by atoms with E-state index in [2.05, 4.69) is 19.1 Å². The van der Waals surface area contributed by atoms with E-state index >= 15 is 0 Å². The van der Waals surface area contributed by atoms with Gasteiger partial charge in [0.2, 0.25) is 5.91 Å². The number of ether oxygens (including phenoxy) is 1. The fraction of sp³-hybridized carbons (Fsp3) is 0.457. The molecule has 0 unspecified atom stereocenters. The first kappa shape index (κ1) is 31.3. The summed E-state index contributed by atoms with van der Waals surface area (Å²) in [6.45, 7) is 1.67. The molecule has 3 aromatic rings. The van der Waals surface area contributed by atoms with Gasteiger partial charge in [-0.25, -0.2) is 0 Å². The molecule has 2 heterocycles. The lowest BCUT2D eigenvalue weighted by Gasteiger charge is -2.48. The van der Waals surface area contributed by atoms with Gasteiger partial charge in [-0.2, -0.15) is 0 Å². The van der Waals surface area contributed by atoms with Gasteiger partial charge < -0.3 is 35.2 Å². The summed E-state index contributed by atoms with van der Waals surface area (Å²) in [5.74, 6) is -0.102. The van der Waals surface area contributed by atoms with Gasteiger partial charge in [-0.15, -0.1) is 0 Å². The van der Waals surface area contributed by atoms with Gasteiger partial charge in [0.15, 0.2) is 0 Å². The topological polar surface area (TPSA) is 131 Å². The average Bonchev–Trinajstić information content (AvgIpc) is 3.03. The molecule has 0 aliphatic carbocycles. The molecule has 43 heavy (non-hydrogen) atoms. The van der Waals surface area contributed by atoms with Gasteiger partial charge in [0, 0.05) is 5.69 Å². The van der Waals surface area contributed by atoms with Crippen molar-refractivity contribution in [3.05, 3.63) is 90.0 Å². The second kappa shape index (κ2) is 14.1. The third-order valence-corrected chi connectivity index (χ3v) is 8.92. The maximum absolute atomic E-state index is 13.3. The second-order valence-electron chi connectivity index (χ2n) is 11.8. The van der Waals surface area contributed by atoms with E-state index in [0.717, 1.165) is 48.1 Å². The summed E-state index contributed by atoms with van der Waals surface area (Å²) in [6, 6.07) is 25.2. The molecule has 0 bridgehead atoms. The Bertz CT molecular complexity index is 1310. The summed E-state index contributed by atoms with van der Waals surface area (Å²) in [6.07, 6.45) is -1.14. The van der Waals surface area contributed by atoms with Gasteiger partial charge in [-0.3, -0.25) is 4.79 Å². The van der Waals surface area contributed by atoms with Crippen molar-refractivity contribution >= 4 is 11.6 Å². The Morgan fingerprint density at radius 2 is 1.42 bits per heavy atom. The van der Waals surface area contributed by atoms with Crippen LogP contribution in [0.3, 0.4) is 0 Å². The van der Waals surface area contributed by atoms with E-state index in [9.17, 15) is 30.3 Å². The van der Waals surface area contributed by atoms with E-state index < -0.39 is 37.1 Å². The summed E-state index contributed by atoms with van der Waals surface area (Å²) in [5.41, 5.74) is 4.45. The van der Waals surface area contributed by atoms with Crippen molar-refractivity contribution in [1.29, 1.82) is 0 Å². The molecule has 5 rings (SSSR count). The number of aliphatic hydroxyl groups is 5. The smallest absolute Gasteiger partial charge is 0.233 e. The predicted octanol–water partition coefficient (Wildman–Crippen LogP) is 4.29. The van der Waals surface area contributed by atoms with Gasteiger partial charge >= 0.3 is 0 Å². The van der Waals surface area contributed by atoms with Crippen LogP contribution in [0.15, 0.2) is 78.9 Å². The first-order valence-electron chi connectivity index (χ1n) is 15.4. The number of amides is 1. The zero-order chi connectivity index (χ0) is 30.5. The van der Waals surface area contributed by atoms with Crippen molar-refractivity contribution < 1.29 is 35.1 Å². The number of nitrogens with zero attached hydrogens (tertiary/aromatic N) is 1. The van der Waals surface area contributed by atoms with E-state index in [0.29, 0.717) is 18.4 Å².